The zero-order chi connectivity index (χ0) is 16.1. The molecule has 0 aliphatic carbocycles. The van der Waals surface area contributed by atoms with Gasteiger partial charge < -0.3 is 20.0 Å². The molecule has 0 atom stereocenters. The van der Waals surface area contributed by atoms with E-state index in [9.17, 15) is 14.7 Å². The molecule has 6 heteroatoms. The summed E-state index contributed by atoms with van der Waals surface area (Å²) in [5.74, 6) is -1.66. The lowest BCUT2D eigenvalue weighted by molar-refractivity contribution is -0.255. The predicted molar refractivity (Wildman–Crippen MR) is 83.8 cm³/mol. The Morgan fingerprint density at radius 1 is 1.23 bits per heavy atom. The first-order valence-corrected chi connectivity index (χ1v) is 7.25. The van der Waals surface area contributed by atoms with E-state index < -0.39 is 5.97 Å². The largest absolute Gasteiger partial charge is 0.545 e. The first kappa shape index (κ1) is 16.0. The number of nitrogens with one attached hydrogen (secondary N) is 1. The predicted octanol–water partition coefficient (Wildman–Crippen LogP) is 2.14. The third kappa shape index (κ3) is 4.33. The van der Waals surface area contributed by atoms with Gasteiger partial charge in [-0.25, -0.2) is 0 Å². The van der Waals surface area contributed by atoms with Crippen molar-refractivity contribution in [2.75, 3.05) is 11.9 Å². The van der Waals surface area contributed by atoms with Gasteiger partial charge in [0.15, 0.2) is 6.61 Å². The summed E-state index contributed by atoms with van der Waals surface area (Å²) in [5, 5.41) is 13.7. The molecule has 2 aromatic rings. The van der Waals surface area contributed by atoms with Gasteiger partial charge in [-0.3, -0.25) is 4.79 Å². The van der Waals surface area contributed by atoms with Crippen molar-refractivity contribution < 1.29 is 19.4 Å². The molecule has 22 heavy (non-hydrogen) atoms. The number of benzene rings is 2. The Bertz CT molecular complexity index is 715. The number of aromatic carboxylic acids is 1. The van der Waals surface area contributed by atoms with Gasteiger partial charge in [-0.15, -0.1) is 0 Å². The standard InChI is InChI=1S/C16H14BrNO4/c1-10-3-2-4-12(7-10)18-15(19)9-22-14-6-5-11(17)8-13(14)16(20)21/h2-8H,9H2,1H3,(H,18,19)(H,20,21)/p-1. The summed E-state index contributed by atoms with van der Waals surface area (Å²) in [6.07, 6.45) is 0. The van der Waals surface area contributed by atoms with Crippen LogP contribution >= 0.6 is 15.9 Å². The molecule has 0 radical (unpaired) electrons. The molecule has 0 unspecified atom stereocenters. The van der Waals surface area contributed by atoms with Crippen LogP contribution in [-0.2, 0) is 4.79 Å². The van der Waals surface area contributed by atoms with Gasteiger partial charge in [0.25, 0.3) is 5.91 Å². The molecule has 1 N–H and O–H groups in total. The van der Waals surface area contributed by atoms with E-state index in [1.807, 2.05) is 25.1 Å². The first-order chi connectivity index (χ1) is 10.5. The molecule has 0 saturated carbocycles. The van der Waals surface area contributed by atoms with Crippen molar-refractivity contribution in [3.05, 3.63) is 58.1 Å². The van der Waals surface area contributed by atoms with Crippen molar-refractivity contribution in [2.24, 2.45) is 0 Å². The molecule has 0 aliphatic heterocycles. The zero-order valence-electron chi connectivity index (χ0n) is 11.8. The van der Waals surface area contributed by atoms with Crippen LogP contribution in [0.3, 0.4) is 0 Å². The number of ether oxygens (including phenoxy) is 1. The van der Waals surface area contributed by atoms with Gasteiger partial charge in [0, 0.05) is 15.7 Å². The van der Waals surface area contributed by atoms with E-state index in [4.69, 9.17) is 4.74 Å². The van der Waals surface area contributed by atoms with Crippen LogP contribution in [0.2, 0.25) is 0 Å². The lowest BCUT2D eigenvalue weighted by Crippen LogP contribution is -2.25. The van der Waals surface area contributed by atoms with Gasteiger partial charge in [-0.2, -0.15) is 0 Å². The topological polar surface area (TPSA) is 78.5 Å². The Morgan fingerprint density at radius 3 is 2.68 bits per heavy atom. The lowest BCUT2D eigenvalue weighted by atomic mass is 10.2. The fraction of sp³-hybridized carbons (Fsp3) is 0.125. The number of carboxylic acid groups (broad SMARTS) is 1. The number of hydrogen-bond acceptors (Lipinski definition) is 4. The monoisotopic (exact) mass is 362 g/mol. The van der Waals surface area contributed by atoms with Crippen LogP contribution in [0.25, 0.3) is 0 Å². The fourth-order valence-electron chi connectivity index (χ4n) is 1.85. The molecular weight excluding hydrogens is 350 g/mol. The average molecular weight is 363 g/mol. The number of amides is 1. The normalized spacial score (nSPS) is 10.1. The van der Waals surface area contributed by atoms with Crippen LogP contribution in [0.1, 0.15) is 15.9 Å². The van der Waals surface area contributed by atoms with Crippen LogP contribution in [0.4, 0.5) is 5.69 Å². The smallest absolute Gasteiger partial charge is 0.262 e. The van der Waals surface area contributed by atoms with Gasteiger partial charge in [-0.05, 0) is 42.8 Å². The summed E-state index contributed by atoms with van der Waals surface area (Å²) in [6.45, 7) is 1.62. The second-order valence-electron chi connectivity index (χ2n) is 4.63. The van der Waals surface area contributed by atoms with Crippen molar-refractivity contribution in [3.63, 3.8) is 0 Å². The number of carboxylic acids is 1. The van der Waals surface area contributed by atoms with Crippen LogP contribution < -0.4 is 15.2 Å². The van der Waals surface area contributed by atoms with Crippen molar-refractivity contribution >= 4 is 33.5 Å². The molecule has 0 bridgehead atoms. The molecule has 0 aliphatic rings. The van der Waals surface area contributed by atoms with E-state index in [0.717, 1.165) is 5.56 Å². The Labute approximate surface area is 136 Å². The third-order valence-corrected chi connectivity index (χ3v) is 3.32. The second-order valence-corrected chi connectivity index (χ2v) is 5.55. The Balaban J connectivity index is 2.01. The third-order valence-electron chi connectivity index (χ3n) is 2.82. The molecule has 2 rings (SSSR count). The number of carbonyl (C=O) groups excluding carboxylic acids is 2. The number of hydrogen-bond donors (Lipinski definition) is 1. The number of rotatable bonds is 5. The molecule has 114 valence electrons. The summed E-state index contributed by atoms with van der Waals surface area (Å²) >= 11 is 3.17. The quantitative estimate of drug-likeness (QED) is 0.883. The fourth-order valence-corrected chi connectivity index (χ4v) is 2.21. The average Bonchev–Trinajstić information content (AvgIpc) is 2.45. The molecule has 0 heterocycles. The van der Waals surface area contributed by atoms with Gasteiger partial charge in [-0.1, -0.05) is 28.1 Å². The minimum absolute atomic E-state index is 0.0857. The van der Waals surface area contributed by atoms with E-state index in [0.29, 0.717) is 10.2 Å². The molecular formula is C16H13BrNO4-. The van der Waals surface area contributed by atoms with Gasteiger partial charge in [0.2, 0.25) is 0 Å². The minimum atomic E-state index is -1.37. The van der Waals surface area contributed by atoms with E-state index in [1.54, 1.807) is 12.1 Å². The summed E-state index contributed by atoms with van der Waals surface area (Å²) in [4.78, 5) is 22.9. The highest BCUT2D eigenvalue weighted by molar-refractivity contribution is 9.10. The molecule has 0 spiro atoms. The van der Waals surface area contributed by atoms with Gasteiger partial charge in [0.05, 0.1) is 5.97 Å². The van der Waals surface area contributed by atoms with Crippen LogP contribution in [-0.4, -0.2) is 18.5 Å². The maximum Gasteiger partial charge on any atom is 0.262 e. The number of halogens is 1. The molecule has 0 saturated heterocycles. The van der Waals surface area contributed by atoms with E-state index in [-0.39, 0.29) is 23.8 Å². The van der Waals surface area contributed by atoms with Crippen molar-refractivity contribution in [2.45, 2.75) is 6.92 Å². The highest BCUT2D eigenvalue weighted by Gasteiger charge is 2.09. The first-order valence-electron chi connectivity index (χ1n) is 6.46. The van der Waals surface area contributed by atoms with E-state index >= 15 is 0 Å². The molecule has 1 amide bonds. The zero-order valence-corrected chi connectivity index (χ0v) is 13.3. The number of aryl methyl sites for hydroxylation is 1. The maximum absolute atomic E-state index is 11.8. The Kier molecular flexibility index (Phi) is 5.16. The van der Waals surface area contributed by atoms with Crippen LogP contribution in [0, 0.1) is 6.92 Å². The van der Waals surface area contributed by atoms with Crippen LogP contribution in [0.5, 0.6) is 5.75 Å². The van der Waals surface area contributed by atoms with Crippen molar-refractivity contribution in [1.29, 1.82) is 0 Å². The summed E-state index contributed by atoms with van der Waals surface area (Å²) in [6, 6.07) is 11.8. The summed E-state index contributed by atoms with van der Waals surface area (Å²) in [5.41, 5.74) is 1.56. The maximum atomic E-state index is 11.8. The highest BCUT2D eigenvalue weighted by atomic mass is 79.9. The van der Waals surface area contributed by atoms with Gasteiger partial charge in [0.1, 0.15) is 5.75 Å². The van der Waals surface area contributed by atoms with Gasteiger partial charge >= 0.3 is 0 Å². The number of carbonyl (C=O) groups is 2. The molecule has 5 nitrogen and oxygen atoms in total. The van der Waals surface area contributed by atoms with Crippen LogP contribution in [0.15, 0.2) is 46.9 Å². The van der Waals surface area contributed by atoms with E-state index in [1.165, 1.54) is 12.1 Å². The Hall–Kier alpha value is -2.34. The second kappa shape index (κ2) is 7.09. The highest BCUT2D eigenvalue weighted by Crippen LogP contribution is 2.22. The molecule has 0 aromatic heterocycles. The summed E-state index contributed by atoms with van der Waals surface area (Å²) < 4.78 is 5.85. The lowest BCUT2D eigenvalue weighted by Gasteiger charge is -2.12. The number of anilines is 1. The van der Waals surface area contributed by atoms with Crippen molar-refractivity contribution in [1.82, 2.24) is 0 Å². The Morgan fingerprint density at radius 2 is 2.00 bits per heavy atom. The summed E-state index contributed by atoms with van der Waals surface area (Å²) in [7, 11) is 0. The minimum Gasteiger partial charge on any atom is -0.545 e. The van der Waals surface area contributed by atoms with E-state index in [2.05, 4.69) is 21.2 Å². The molecule has 2 aromatic carbocycles. The molecule has 0 fully saturated rings. The SMILES string of the molecule is Cc1cccc(NC(=O)COc2ccc(Br)cc2C(=O)[O-])c1. The van der Waals surface area contributed by atoms with Crippen molar-refractivity contribution in [3.8, 4) is 5.75 Å².